The van der Waals surface area contributed by atoms with Crippen molar-refractivity contribution < 1.29 is 43.1 Å². The van der Waals surface area contributed by atoms with Crippen molar-refractivity contribution in [2.75, 3.05) is 26.4 Å². The van der Waals surface area contributed by atoms with E-state index in [1.54, 1.807) is 38.1 Å². The summed E-state index contributed by atoms with van der Waals surface area (Å²) >= 11 is 0. The first-order valence-electron chi connectivity index (χ1n) is 16.1. The molecule has 0 unspecified atom stereocenters. The lowest BCUT2D eigenvalue weighted by atomic mass is 9.92. The third-order valence-electron chi connectivity index (χ3n) is 7.90. The van der Waals surface area contributed by atoms with E-state index in [2.05, 4.69) is 0 Å². The molecule has 2 aliphatic rings. The number of carbonyl (C=O) groups excluding carboxylic acids is 2. The van der Waals surface area contributed by atoms with Crippen molar-refractivity contribution in [1.82, 2.24) is 0 Å². The molecular weight excluding hydrogens is 624 g/mol. The molecule has 260 valence electrons. The van der Waals surface area contributed by atoms with Gasteiger partial charge in [-0.3, -0.25) is 9.59 Å². The van der Waals surface area contributed by atoms with Gasteiger partial charge in [0.1, 0.15) is 16.9 Å². The molecule has 2 aliphatic heterocycles. The van der Waals surface area contributed by atoms with Crippen LogP contribution in [0.5, 0.6) is 11.5 Å². The summed E-state index contributed by atoms with van der Waals surface area (Å²) in [7, 11) is 0. The highest BCUT2D eigenvalue weighted by Crippen LogP contribution is 2.32. The predicted octanol–water partition coefficient (Wildman–Crippen LogP) is 7.81. The first kappa shape index (κ1) is 37.3. The largest absolute Gasteiger partial charge is 0.508 e. The molecule has 2 heterocycles. The maximum atomic E-state index is 12.5. The number of hydrogen-bond donors (Lipinski definition) is 1. The van der Waals surface area contributed by atoms with Crippen LogP contribution < -0.4 is 4.74 Å². The third kappa shape index (κ3) is 11.3. The van der Waals surface area contributed by atoms with Crippen molar-refractivity contribution in [3.63, 3.8) is 0 Å². The summed E-state index contributed by atoms with van der Waals surface area (Å²) in [6, 6.07) is 34.8. The van der Waals surface area contributed by atoms with Crippen molar-refractivity contribution in [2.45, 2.75) is 58.7 Å². The number of hydrogen-bond acceptors (Lipinski definition) is 9. The van der Waals surface area contributed by atoms with Gasteiger partial charge < -0.3 is 33.5 Å². The van der Waals surface area contributed by atoms with Crippen LogP contribution in [0.1, 0.15) is 41.5 Å². The van der Waals surface area contributed by atoms with Crippen LogP contribution in [0.3, 0.4) is 0 Å². The molecule has 49 heavy (non-hydrogen) atoms. The molecule has 4 aromatic rings. The first-order chi connectivity index (χ1) is 23.2. The van der Waals surface area contributed by atoms with Crippen LogP contribution in [-0.2, 0) is 33.3 Å². The van der Waals surface area contributed by atoms with E-state index in [0.29, 0.717) is 31.2 Å². The Morgan fingerprint density at radius 2 is 0.980 bits per heavy atom. The van der Waals surface area contributed by atoms with Crippen LogP contribution in [0.4, 0.5) is 0 Å². The van der Waals surface area contributed by atoms with E-state index in [1.165, 1.54) is 5.56 Å². The summed E-state index contributed by atoms with van der Waals surface area (Å²) in [6.07, 6.45) is 0. The molecule has 0 spiro atoms. The Hall–Kier alpha value is -4.54. The number of ether oxygens (including phenoxy) is 6. The van der Waals surface area contributed by atoms with Crippen molar-refractivity contribution in [3.05, 3.63) is 109 Å². The smallest absolute Gasteiger partial charge is 0.321 e. The fourth-order valence-electron chi connectivity index (χ4n) is 4.65. The lowest BCUT2D eigenvalue weighted by Crippen LogP contribution is -2.50. The van der Waals surface area contributed by atoms with Crippen molar-refractivity contribution >= 4 is 12.4 Å². The Bertz CT molecular complexity index is 1600. The van der Waals surface area contributed by atoms with E-state index in [-0.39, 0.29) is 19.2 Å². The van der Waals surface area contributed by atoms with Crippen LogP contribution in [0.15, 0.2) is 109 Å². The zero-order valence-electron chi connectivity index (χ0n) is 29.0. The maximum Gasteiger partial charge on any atom is 0.321 e. The van der Waals surface area contributed by atoms with Crippen LogP contribution >= 0.6 is 0 Å². The molecule has 0 bridgehead atoms. The quantitative estimate of drug-likeness (QED) is 0.125. The minimum Gasteiger partial charge on any atom is -0.508 e. The predicted molar refractivity (Wildman–Crippen MR) is 187 cm³/mol. The molecule has 9 heteroatoms. The Morgan fingerprint density at radius 3 is 1.41 bits per heavy atom. The van der Waals surface area contributed by atoms with E-state index in [4.69, 9.17) is 33.5 Å². The number of phenols is 1. The zero-order chi connectivity index (χ0) is 35.5. The molecule has 2 fully saturated rings. The first-order valence-corrected chi connectivity index (χ1v) is 16.1. The molecule has 0 amide bonds. The second-order valence-electron chi connectivity index (χ2n) is 13.4. The Balaban J connectivity index is 0.000000182. The van der Waals surface area contributed by atoms with Gasteiger partial charge in [-0.1, -0.05) is 84.9 Å². The molecule has 0 radical (unpaired) electrons. The lowest BCUT2D eigenvalue weighted by Gasteiger charge is -2.39. The average Bonchev–Trinajstić information content (AvgIpc) is 3.10. The second-order valence-corrected chi connectivity index (χ2v) is 13.4. The molecule has 0 atom stereocenters. The van der Waals surface area contributed by atoms with E-state index in [9.17, 15) is 9.59 Å². The molecule has 0 aliphatic carbocycles. The van der Waals surface area contributed by atoms with Crippen molar-refractivity contribution in [2.24, 2.45) is 5.41 Å². The Kier molecular flexibility index (Phi) is 12.4. The van der Waals surface area contributed by atoms with Gasteiger partial charge in [-0.05, 0) is 88.1 Å². The monoisotopic (exact) mass is 670 g/mol. The molecule has 6 rings (SSSR count). The van der Waals surface area contributed by atoms with E-state index in [0.717, 1.165) is 16.7 Å². The van der Waals surface area contributed by atoms with Gasteiger partial charge in [0.25, 0.3) is 6.47 Å². The van der Waals surface area contributed by atoms with Gasteiger partial charge in [-0.2, -0.15) is 0 Å². The van der Waals surface area contributed by atoms with Crippen LogP contribution in [0, 0.1) is 5.41 Å². The molecule has 9 nitrogen and oxygen atoms in total. The standard InChI is InChI=1S/C20H22O4.C12H10O.C8H14O4/c1-19(2)22-13-20(3,14-23-19)18(21)24-17-11-9-16(10-12-17)15-7-5-4-6-8-15;13-12-8-6-11(7-9-12)10-4-2-1-3-5-10;1-7(2)10-4-8(3,5-11-7)12-6-9/h4-12H,13-14H2,1-3H3;1-9,13H;6H,4-5H2,1-3H3. The number of aromatic hydroxyl groups is 1. The normalized spacial score (nSPS) is 18.2. The number of rotatable bonds is 6. The number of benzene rings is 4. The second kappa shape index (κ2) is 16.2. The summed E-state index contributed by atoms with van der Waals surface area (Å²) in [5.74, 6) is -0.737. The van der Waals surface area contributed by atoms with Crippen LogP contribution in [0.2, 0.25) is 0 Å². The number of esters is 1. The SMILES string of the molecule is CC1(C)OCC(C)(C(=O)Oc2ccc(-c3ccccc3)cc2)CO1.CC1(OC=O)COC(C)(C)OC1.Oc1ccc(-c2ccccc2)cc1. The van der Waals surface area contributed by atoms with Gasteiger partial charge in [0, 0.05) is 0 Å². The lowest BCUT2D eigenvalue weighted by molar-refractivity contribution is -0.298. The highest BCUT2D eigenvalue weighted by molar-refractivity contribution is 5.79. The van der Waals surface area contributed by atoms with Gasteiger partial charge in [0.2, 0.25) is 0 Å². The fourth-order valence-corrected chi connectivity index (χ4v) is 4.65. The molecular formula is C40H46O9. The molecule has 4 aromatic carbocycles. The van der Waals surface area contributed by atoms with E-state index < -0.39 is 22.6 Å². The van der Waals surface area contributed by atoms with Gasteiger partial charge in [-0.25, -0.2) is 0 Å². The number of phenolic OH excluding ortho intramolecular Hbond substituents is 1. The summed E-state index contributed by atoms with van der Waals surface area (Å²) in [5, 5.41) is 9.10. The highest BCUT2D eigenvalue weighted by Gasteiger charge is 2.43. The van der Waals surface area contributed by atoms with Crippen molar-refractivity contribution in [1.29, 1.82) is 0 Å². The number of carbonyl (C=O) groups is 2. The zero-order valence-corrected chi connectivity index (χ0v) is 29.0. The molecule has 2 saturated heterocycles. The van der Waals surface area contributed by atoms with Gasteiger partial charge >= 0.3 is 5.97 Å². The van der Waals surface area contributed by atoms with E-state index >= 15 is 0 Å². The highest BCUT2D eigenvalue weighted by atomic mass is 16.7. The Labute approximate surface area is 288 Å². The minimum atomic E-state index is -0.798. The van der Waals surface area contributed by atoms with Gasteiger partial charge in [0.05, 0.1) is 26.4 Å². The molecule has 0 saturated carbocycles. The third-order valence-corrected chi connectivity index (χ3v) is 7.90. The fraction of sp³-hybridized carbons (Fsp3) is 0.350. The van der Waals surface area contributed by atoms with Gasteiger partial charge in [0.15, 0.2) is 17.2 Å². The molecule has 0 aromatic heterocycles. The summed E-state index contributed by atoms with van der Waals surface area (Å²) in [5.41, 5.74) is 3.07. The van der Waals surface area contributed by atoms with E-state index in [1.807, 2.05) is 113 Å². The van der Waals surface area contributed by atoms with Crippen molar-refractivity contribution in [3.8, 4) is 33.8 Å². The molecule has 1 N–H and O–H groups in total. The summed E-state index contributed by atoms with van der Waals surface area (Å²) in [6.45, 7) is 12.6. The van der Waals surface area contributed by atoms with Crippen LogP contribution in [0.25, 0.3) is 22.3 Å². The maximum absolute atomic E-state index is 12.5. The minimum absolute atomic E-state index is 0.279. The topological polar surface area (TPSA) is 110 Å². The van der Waals surface area contributed by atoms with Crippen LogP contribution in [-0.4, -0.2) is 61.2 Å². The summed E-state index contributed by atoms with van der Waals surface area (Å²) in [4.78, 5) is 22.6. The van der Waals surface area contributed by atoms with Gasteiger partial charge in [-0.15, -0.1) is 0 Å². The summed E-state index contributed by atoms with van der Waals surface area (Å²) < 4.78 is 32.2. The average molecular weight is 671 g/mol. The Morgan fingerprint density at radius 1 is 0.592 bits per heavy atom.